The lowest BCUT2D eigenvalue weighted by atomic mass is 9.87. The summed E-state index contributed by atoms with van der Waals surface area (Å²) in [5.74, 6) is 2.83. The molecule has 0 unspecified atom stereocenters. The molecule has 2 aromatic carbocycles. The van der Waals surface area contributed by atoms with E-state index in [-0.39, 0.29) is 11.7 Å². The summed E-state index contributed by atoms with van der Waals surface area (Å²) < 4.78 is 26.0. The number of halogens is 1. The van der Waals surface area contributed by atoms with Gasteiger partial charge >= 0.3 is 0 Å². The van der Waals surface area contributed by atoms with E-state index in [2.05, 4.69) is 33.6 Å². The first-order valence-corrected chi connectivity index (χ1v) is 13.3. The number of imidazole rings is 1. The predicted octanol–water partition coefficient (Wildman–Crippen LogP) is 5.69. The highest BCUT2D eigenvalue weighted by molar-refractivity contribution is 5.80. The van der Waals surface area contributed by atoms with Crippen LogP contribution in [-0.4, -0.2) is 72.8 Å². The van der Waals surface area contributed by atoms with E-state index >= 15 is 4.39 Å². The Hall–Kier alpha value is -2.64. The summed E-state index contributed by atoms with van der Waals surface area (Å²) in [6.07, 6.45) is 4.52. The van der Waals surface area contributed by atoms with Gasteiger partial charge in [0.05, 0.1) is 25.3 Å². The summed E-state index contributed by atoms with van der Waals surface area (Å²) in [4.78, 5) is 13.3. The van der Waals surface area contributed by atoms with Gasteiger partial charge in [-0.15, -0.1) is 0 Å². The number of hydrogen-bond acceptors (Lipinski definition) is 5. The molecule has 0 bridgehead atoms. The SMILES string of the molecule is COc1ccc(-c2nc3cc(F)c(C4CCN(C5CCN(CC(C)C)CC5)CC4)cc3[nH]2)cc1OC. The molecule has 0 atom stereocenters. The third kappa shape index (κ3) is 5.23. The maximum Gasteiger partial charge on any atom is 0.161 e. The van der Waals surface area contributed by atoms with Crippen molar-refractivity contribution in [1.82, 2.24) is 19.8 Å². The Balaban J connectivity index is 1.26. The van der Waals surface area contributed by atoms with Gasteiger partial charge in [-0.05, 0) is 93.5 Å². The molecule has 194 valence electrons. The molecule has 3 aromatic rings. The molecule has 6 nitrogen and oxygen atoms in total. The van der Waals surface area contributed by atoms with Crippen molar-refractivity contribution in [3.63, 3.8) is 0 Å². The van der Waals surface area contributed by atoms with Gasteiger partial charge in [-0.1, -0.05) is 13.8 Å². The van der Waals surface area contributed by atoms with Crippen LogP contribution in [0.5, 0.6) is 11.5 Å². The second-order valence-corrected chi connectivity index (χ2v) is 10.8. The lowest BCUT2D eigenvalue weighted by Gasteiger charge is -2.42. The van der Waals surface area contributed by atoms with Crippen LogP contribution in [0.2, 0.25) is 0 Å². The van der Waals surface area contributed by atoms with Crippen LogP contribution in [0, 0.1) is 11.7 Å². The van der Waals surface area contributed by atoms with Crippen molar-refractivity contribution in [1.29, 1.82) is 0 Å². The highest BCUT2D eigenvalue weighted by atomic mass is 19.1. The molecular weight excluding hydrogens is 455 g/mol. The highest BCUT2D eigenvalue weighted by Gasteiger charge is 2.30. The molecule has 2 saturated heterocycles. The molecular formula is C29H39FN4O2. The molecule has 0 saturated carbocycles. The molecule has 5 rings (SSSR count). The summed E-state index contributed by atoms with van der Waals surface area (Å²) in [5.41, 5.74) is 3.21. The Morgan fingerprint density at radius 3 is 2.36 bits per heavy atom. The number of ether oxygens (including phenoxy) is 2. The number of likely N-dealkylation sites (tertiary alicyclic amines) is 2. The van der Waals surface area contributed by atoms with Crippen molar-refractivity contribution in [3.8, 4) is 22.9 Å². The van der Waals surface area contributed by atoms with Crippen molar-refractivity contribution in [3.05, 3.63) is 41.7 Å². The van der Waals surface area contributed by atoms with Crippen molar-refractivity contribution in [2.24, 2.45) is 5.92 Å². The number of aromatic amines is 1. The standard InChI is InChI=1S/C29H39FN4O2/c1-19(2)18-33-11-9-22(10-12-33)34-13-7-20(8-14-34)23-16-25-26(17-24(23)30)32-29(31-25)21-5-6-27(35-3)28(15-21)36-4/h5-6,15-17,19-20,22H,7-14,18H2,1-4H3,(H,31,32). The molecule has 3 heterocycles. The number of aromatic nitrogens is 2. The van der Waals surface area contributed by atoms with Gasteiger partial charge in [0.2, 0.25) is 0 Å². The molecule has 0 amide bonds. The maximum atomic E-state index is 15.2. The first-order chi connectivity index (χ1) is 17.4. The van der Waals surface area contributed by atoms with Crippen LogP contribution in [0.3, 0.4) is 0 Å². The number of methoxy groups -OCH3 is 2. The summed E-state index contributed by atoms with van der Waals surface area (Å²) in [5, 5.41) is 0. The number of nitrogens with one attached hydrogen (secondary N) is 1. The van der Waals surface area contributed by atoms with Gasteiger partial charge in [0, 0.05) is 24.2 Å². The number of nitrogens with zero attached hydrogens (tertiary/aromatic N) is 3. The first-order valence-electron chi connectivity index (χ1n) is 13.3. The molecule has 1 aromatic heterocycles. The van der Waals surface area contributed by atoms with Crippen molar-refractivity contribution in [2.45, 2.75) is 51.5 Å². The minimum absolute atomic E-state index is 0.145. The summed E-state index contributed by atoms with van der Waals surface area (Å²) in [6, 6.07) is 9.92. The fraction of sp³-hybridized carbons (Fsp3) is 0.552. The van der Waals surface area contributed by atoms with Crippen LogP contribution in [0.4, 0.5) is 4.39 Å². The third-order valence-corrected chi connectivity index (χ3v) is 7.92. The van der Waals surface area contributed by atoms with E-state index in [1.165, 1.54) is 32.5 Å². The van der Waals surface area contributed by atoms with E-state index in [0.29, 0.717) is 28.9 Å². The quantitative estimate of drug-likeness (QED) is 0.458. The number of fused-ring (bicyclic) bond motifs is 1. The van der Waals surface area contributed by atoms with E-state index in [4.69, 9.17) is 9.47 Å². The number of piperidine rings is 2. The van der Waals surface area contributed by atoms with Gasteiger partial charge < -0.3 is 24.3 Å². The lowest BCUT2D eigenvalue weighted by Crippen LogP contribution is -2.48. The van der Waals surface area contributed by atoms with Crippen LogP contribution >= 0.6 is 0 Å². The van der Waals surface area contributed by atoms with Gasteiger partial charge in [0.15, 0.2) is 11.5 Å². The molecule has 2 aliphatic rings. The number of benzene rings is 2. The Morgan fingerprint density at radius 2 is 1.69 bits per heavy atom. The largest absolute Gasteiger partial charge is 0.493 e. The highest BCUT2D eigenvalue weighted by Crippen LogP contribution is 2.35. The summed E-state index contributed by atoms with van der Waals surface area (Å²) >= 11 is 0. The Kier molecular flexibility index (Phi) is 7.49. The third-order valence-electron chi connectivity index (χ3n) is 7.92. The predicted molar refractivity (Wildman–Crippen MR) is 142 cm³/mol. The topological polar surface area (TPSA) is 53.6 Å². The van der Waals surface area contributed by atoms with E-state index in [0.717, 1.165) is 48.5 Å². The molecule has 0 spiro atoms. The van der Waals surface area contributed by atoms with Crippen LogP contribution in [0.25, 0.3) is 22.4 Å². The second-order valence-electron chi connectivity index (χ2n) is 10.8. The number of rotatable bonds is 7. The summed E-state index contributed by atoms with van der Waals surface area (Å²) in [7, 11) is 3.23. The first kappa shape index (κ1) is 25.0. The van der Waals surface area contributed by atoms with Gasteiger partial charge in [-0.3, -0.25) is 0 Å². The zero-order valence-electron chi connectivity index (χ0n) is 22.0. The van der Waals surface area contributed by atoms with Gasteiger partial charge in [-0.2, -0.15) is 0 Å². The molecule has 36 heavy (non-hydrogen) atoms. The lowest BCUT2D eigenvalue weighted by molar-refractivity contribution is 0.0825. The fourth-order valence-electron chi connectivity index (χ4n) is 6.04. The van der Waals surface area contributed by atoms with Gasteiger partial charge in [0.25, 0.3) is 0 Å². The Morgan fingerprint density at radius 1 is 0.972 bits per heavy atom. The average Bonchev–Trinajstić information content (AvgIpc) is 3.31. The molecule has 2 aliphatic heterocycles. The normalized spacial score (nSPS) is 18.8. The molecule has 1 N–H and O–H groups in total. The second kappa shape index (κ2) is 10.8. The van der Waals surface area contributed by atoms with E-state index in [1.54, 1.807) is 20.3 Å². The van der Waals surface area contributed by atoms with E-state index in [1.807, 2.05) is 24.3 Å². The number of H-pyrrole nitrogens is 1. The molecule has 2 fully saturated rings. The zero-order chi connectivity index (χ0) is 25.2. The Labute approximate surface area is 213 Å². The molecule has 0 aliphatic carbocycles. The monoisotopic (exact) mass is 494 g/mol. The minimum Gasteiger partial charge on any atom is -0.493 e. The van der Waals surface area contributed by atoms with E-state index in [9.17, 15) is 0 Å². The van der Waals surface area contributed by atoms with Crippen molar-refractivity contribution < 1.29 is 13.9 Å². The zero-order valence-corrected chi connectivity index (χ0v) is 22.0. The van der Waals surface area contributed by atoms with Crippen LogP contribution < -0.4 is 9.47 Å². The Bertz CT molecular complexity index is 1180. The van der Waals surface area contributed by atoms with Gasteiger partial charge in [0.1, 0.15) is 11.6 Å². The average molecular weight is 495 g/mol. The fourth-order valence-corrected chi connectivity index (χ4v) is 6.04. The van der Waals surface area contributed by atoms with E-state index < -0.39 is 0 Å². The molecule has 7 heteroatoms. The molecule has 0 radical (unpaired) electrons. The smallest absolute Gasteiger partial charge is 0.161 e. The van der Waals surface area contributed by atoms with Crippen molar-refractivity contribution >= 4 is 11.0 Å². The minimum atomic E-state index is -0.145. The van der Waals surface area contributed by atoms with Crippen LogP contribution in [-0.2, 0) is 0 Å². The van der Waals surface area contributed by atoms with Crippen molar-refractivity contribution in [2.75, 3.05) is 46.9 Å². The van der Waals surface area contributed by atoms with Crippen LogP contribution in [0.15, 0.2) is 30.3 Å². The number of hydrogen-bond donors (Lipinski definition) is 1. The maximum absolute atomic E-state index is 15.2. The van der Waals surface area contributed by atoms with Gasteiger partial charge in [-0.25, -0.2) is 9.37 Å². The van der Waals surface area contributed by atoms with Crippen LogP contribution in [0.1, 0.15) is 51.0 Å². The summed E-state index contributed by atoms with van der Waals surface area (Å²) in [6.45, 7) is 10.3.